The molecule has 7 aromatic heterocycles. The van der Waals surface area contributed by atoms with Crippen molar-refractivity contribution in [2.24, 2.45) is 0 Å². The van der Waals surface area contributed by atoms with Crippen LogP contribution < -0.4 is 0 Å². The van der Waals surface area contributed by atoms with Gasteiger partial charge in [-0.05, 0) is 190 Å². The summed E-state index contributed by atoms with van der Waals surface area (Å²) in [7, 11) is 0. The molecular formula is C94H54N4O4. The molecule has 0 saturated carbocycles. The number of rotatable bonds is 9. The quantitative estimate of drug-likeness (QED) is 0.143. The van der Waals surface area contributed by atoms with Crippen LogP contribution in [0.1, 0.15) is 0 Å². The van der Waals surface area contributed by atoms with E-state index in [1.807, 2.05) is 60.7 Å². The van der Waals surface area contributed by atoms with E-state index in [1.165, 1.54) is 0 Å². The highest BCUT2D eigenvalue weighted by Crippen LogP contribution is 2.45. The second kappa shape index (κ2) is 21.8. The molecule has 0 unspecified atom stereocenters. The molecule has 22 aromatic rings. The van der Waals surface area contributed by atoms with Crippen molar-refractivity contribution in [3.8, 4) is 89.8 Å². The van der Waals surface area contributed by atoms with Gasteiger partial charge in [0.1, 0.15) is 44.7 Å². The minimum Gasteiger partial charge on any atom is -0.456 e. The lowest BCUT2D eigenvalue weighted by Crippen LogP contribution is -2.02. The van der Waals surface area contributed by atoms with Gasteiger partial charge >= 0.3 is 0 Å². The third-order valence-electron chi connectivity index (χ3n) is 20.9. The molecule has 8 nitrogen and oxygen atoms in total. The van der Waals surface area contributed by atoms with E-state index < -0.39 is 0 Å². The maximum Gasteiger partial charge on any atom is 0.160 e. The van der Waals surface area contributed by atoms with E-state index in [0.717, 1.165) is 215 Å². The van der Waals surface area contributed by atoms with Gasteiger partial charge in [0, 0.05) is 92.7 Å². The van der Waals surface area contributed by atoms with Crippen LogP contribution in [0.25, 0.3) is 221 Å². The first kappa shape index (κ1) is 56.2. The molecule has 474 valence electrons. The van der Waals surface area contributed by atoms with E-state index >= 15 is 0 Å². The fourth-order valence-electron chi connectivity index (χ4n) is 16.0. The molecule has 8 heteroatoms. The van der Waals surface area contributed by atoms with Crippen LogP contribution in [0.15, 0.2) is 345 Å². The number of fused-ring (bicyclic) bond motifs is 18. The minimum atomic E-state index is 0.600. The van der Waals surface area contributed by atoms with Gasteiger partial charge in [-0.25, -0.2) is 9.97 Å². The molecule has 0 atom stereocenters. The van der Waals surface area contributed by atoms with Gasteiger partial charge < -0.3 is 26.8 Å². The minimum absolute atomic E-state index is 0.600. The average molecular weight is 1300 g/mol. The van der Waals surface area contributed by atoms with Gasteiger partial charge in [0.2, 0.25) is 0 Å². The normalized spacial score (nSPS) is 12.1. The van der Waals surface area contributed by atoms with E-state index in [1.54, 1.807) is 0 Å². The first-order valence-electron chi connectivity index (χ1n) is 34.5. The molecule has 102 heavy (non-hydrogen) atoms. The van der Waals surface area contributed by atoms with Crippen molar-refractivity contribution in [2.45, 2.75) is 0 Å². The van der Waals surface area contributed by atoms with E-state index in [9.17, 15) is 0 Å². The molecule has 0 aliphatic rings. The molecule has 15 aromatic carbocycles. The zero-order chi connectivity index (χ0) is 66.7. The first-order valence-corrected chi connectivity index (χ1v) is 34.5. The Morgan fingerprint density at radius 3 is 0.735 bits per heavy atom. The highest BCUT2D eigenvalue weighted by atomic mass is 16.3. The van der Waals surface area contributed by atoms with E-state index in [4.69, 9.17) is 27.6 Å². The zero-order valence-electron chi connectivity index (χ0n) is 54.6. The fraction of sp³-hybridized carbons (Fsp3) is 0. The third kappa shape index (κ3) is 8.83. The van der Waals surface area contributed by atoms with Crippen molar-refractivity contribution >= 4 is 131 Å². The number of hydrogen-bond donors (Lipinski definition) is 0. The molecule has 7 heterocycles. The largest absolute Gasteiger partial charge is 0.456 e. The topological polar surface area (TPSA) is 88.2 Å². The summed E-state index contributed by atoms with van der Waals surface area (Å²) in [5.74, 6) is 0.600. The van der Waals surface area contributed by atoms with Crippen LogP contribution in [0.2, 0.25) is 0 Å². The second-order valence-corrected chi connectivity index (χ2v) is 26.8. The number of aromatic nitrogens is 4. The smallest absolute Gasteiger partial charge is 0.160 e. The fourth-order valence-corrected chi connectivity index (χ4v) is 16.0. The van der Waals surface area contributed by atoms with Crippen molar-refractivity contribution in [1.29, 1.82) is 0 Å². The Bertz CT molecular complexity index is 6500. The van der Waals surface area contributed by atoms with Crippen LogP contribution in [0.4, 0.5) is 0 Å². The molecular weight excluding hydrogens is 1250 g/mol. The number of nitrogens with zero attached hydrogens (tertiary/aromatic N) is 4. The van der Waals surface area contributed by atoms with Crippen LogP contribution in [0.5, 0.6) is 0 Å². The molecule has 0 N–H and O–H groups in total. The molecule has 0 bridgehead atoms. The van der Waals surface area contributed by atoms with Gasteiger partial charge in [0.15, 0.2) is 5.82 Å². The maximum atomic E-state index is 6.37. The van der Waals surface area contributed by atoms with E-state index in [-0.39, 0.29) is 0 Å². The summed E-state index contributed by atoms with van der Waals surface area (Å²) >= 11 is 0. The monoisotopic (exact) mass is 1300 g/mol. The highest BCUT2D eigenvalue weighted by molar-refractivity contribution is 6.16. The van der Waals surface area contributed by atoms with Gasteiger partial charge in [0.25, 0.3) is 0 Å². The Morgan fingerprint density at radius 2 is 0.431 bits per heavy atom. The first-order chi connectivity index (χ1) is 50.5. The summed E-state index contributed by atoms with van der Waals surface area (Å²) in [5, 5.41) is 13.1. The van der Waals surface area contributed by atoms with Gasteiger partial charge in [-0.15, -0.1) is 0 Å². The van der Waals surface area contributed by atoms with Crippen LogP contribution >= 0.6 is 0 Å². The maximum absolute atomic E-state index is 6.37. The van der Waals surface area contributed by atoms with Crippen LogP contribution in [-0.4, -0.2) is 19.1 Å². The van der Waals surface area contributed by atoms with Gasteiger partial charge in [-0.3, -0.25) is 0 Å². The number of benzene rings is 15. The standard InChI is InChI=1S/C94H54N4O4/c1-3-15-55(16-4-1)80-54-81(56-17-5-2-6-18-56)96-94(95-80)65-43-66(97-82-35-27-57(61-31-39-90-76(49-61)68-19-7-11-23-86(68)99-90)45-72(82)73-46-58(28-36-83(73)97)62-32-40-91-77(50-62)69-20-8-12-24-87(69)100-91)53-67(44-65)98-84-37-29-59(63-33-41-92-78(51-63)70-21-9-13-25-88(70)101-92)47-74(84)75-48-60(30-38-85(75)98)64-34-42-93-79(52-64)71-22-10-14-26-89(71)102-93/h1-54H. The molecule has 22 rings (SSSR count). The molecule has 0 fully saturated rings. The van der Waals surface area contributed by atoms with Gasteiger partial charge in [-0.1, -0.05) is 182 Å². The average Bonchev–Trinajstić information content (AvgIpc) is 1.57. The van der Waals surface area contributed by atoms with Crippen LogP contribution in [0, 0.1) is 0 Å². The summed E-state index contributed by atoms with van der Waals surface area (Å²) in [5.41, 5.74) is 26.3. The molecule has 0 aliphatic carbocycles. The van der Waals surface area contributed by atoms with E-state index in [0.29, 0.717) is 5.82 Å². The Balaban J connectivity index is 0.806. The SMILES string of the molecule is c1ccc(-c2cc(-c3ccccc3)nc(-c3cc(-n4c5ccc(-c6ccc7oc8ccccc8c7c6)cc5c5cc(-c6ccc7oc8ccccc8c7c6)ccc54)cc(-n4c5ccc(-c6ccc7oc8ccccc8c7c6)cc5c5cc(-c6ccc7oc8ccccc8c7c6)ccc54)c3)n2)cc1. The Hall–Kier alpha value is -13.8. The van der Waals surface area contributed by atoms with E-state index in [2.05, 4.69) is 276 Å². The predicted octanol–water partition coefficient (Wildman–Crippen LogP) is 25.9. The zero-order valence-corrected chi connectivity index (χ0v) is 54.6. The van der Waals surface area contributed by atoms with Gasteiger partial charge in [-0.2, -0.15) is 0 Å². The second-order valence-electron chi connectivity index (χ2n) is 26.8. The van der Waals surface area contributed by atoms with Crippen molar-refractivity contribution in [3.05, 3.63) is 328 Å². The lowest BCUT2D eigenvalue weighted by Gasteiger charge is -2.16. The van der Waals surface area contributed by atoms with Crippen LogP contribution in [0.3, 0.4) is 0 Å². The highest BCUT2D eigenvalue weighted by Gasteiger charge is 2.24. The Morgan fingerprint density at radius 1 is 0.176 bits per heavy atom. The summed E-state index contributed by atoms with van der Waals surface area (Å²) in [6, 6.07) is 117. The van der Waals surface area contributed by atoms with Crippen molar-refractivity contribution < 1.29 is 17.7 Å². The third-order valence-corrected chi connectivity index (χ3v) is 20.9. The molecule has 0 aliphatic heterocycles. The van der Waals surface area contributed by atoms with Crippen molar-refractivity contribution in [1.82, 2.24) is 19.1 Å². The summed E-state index contributed by atoms with van der Waals surface area (Å²) in [6.07, 6.45) is 0. The van der Waals surface area contributed by atoms with Crippen molar-refractivity contribution in [3.63, 3.8) is 0 Å². The summed E-state index contributed by atoms with van der Waals surface area (Å²) in [6.45, 7) is 0. The number of para-hydroxylation sites is 4. The number of furan rings is 4. The lowest BCUT2D eigenvalue weighted by molar-refractivity contribution is 0.668. The summed E-state index contributed by atoms with van der Waals surface area (Å²) in [4.78, 5) is 11.1. The number of hydrogen-bond acceptors (Lipinski definition) is 6. The Labute approximate surface area is 582 Å². The molecule has 0 saturated heterocycles. The van der Waals surface area contributed by atoms with Crippen molar-refractivity contribution in [2.75, 3.05) is 0 Å². The predicted molar refractivity (Wildman–Crippen MR) is 418 cm³/mol. The van der Waals surface area contributed by atoms with Gasteiger partial charge in [0.05, 0.1) is 33.5 Å². The summed E-state index contributed by atoms with van der Waals surface area (Å²) < 4.78 is 30.4. The van der Waals surface area contributed by atoms with Crippen LogP contribution in [-0.2, 0) is 0 Å². The Kier molecular flexibility index (Phi) is 12.0. The molecule has 0 amide bonds. The molecule has 0 radical (unpaired) electrons. The lowest BCUT2D eigenvalue weighted by atomic mass is 9.98. The molecule has 0 spiro atoms.